The highest BCUT2D eigenvalue weighted by Crippen LogP contribution is 2.28. The van der Waals surface area contributed by atoms with Crippen LogP contribution in [-0.2, 0) is 14.6 Å². The van der Waals surface area contributed by atoms with Gasteiger partial charge in [0, 0.05) is 0 Å². The zero-order valence-corrected chi connectivity index (χ0v) is 11.4. The maximum absolute atomic E-state index is 12.4. The SMILES string of the molecule is CC(C)(C(=O)O)S(=O)(=O)c1ccc2ccccc2c1. The summed E-state index contributed by atoms with van der Waals surface area (Å²) < 4.78 is 22.9. The Morgan fingerprint density at radius 3 is 2.21 bits per heavy atom. The zero-order chi connectivity index (χ0) is 14.3. The minimum Gasteiger partial charge on any atom is -0.480 e. The van der Waals surface area contributed by atoms with Crippen molar-refractivity contribution in [2.75, 3.05) is 0 Å². The normalized spacial score (nSPS) is 12.5. The Balaban J connectivity index is 2.65. The molecule has 2 aromatic carbocycles. The Bertz CT molecular complexity index is 745. The van der Waals surface area contributed by atoms with Gasteiger partial charge >= 0.3 is 5.97 Å². The summed E-state index contributed by atoms with van der Waals surface area (Å²) in [5.74, 6) is -1.36. The highest BCUT2D eigenvalue weighted by molar-refractivity contribution is 7.93. The molecule has 1 N–H and O–H groups in total. The van der Waals surface area contributed by atoms with Gasteiger partial charge in [0.1, 0.15) is 0 Å². The fourth-order valence-corrected chi connectivity index (χ4v) is 3.09. The number of benzene rings is 2. The van der Waals surface area contributed by atoms with Crippen LogP contribution in [0.1, 0.15) is 13.8 Å². The Kier molecular flexibility index (Phi) is 3.10. The summed E-state index contributed by atoms with van der Waals surface area (Å²) >= 11 is 0. The van der Waals surface area contributed by atoms with Crippen molar-refractivity contribution in [2.24, 2.45) is 0 Å². The lowest BCUT2D eigenvalue weighted by Crippen LogP contribution is -2.40. The van der Waals surface area contributed by atoms with Crippen LogP contribution >= 0.6 is 0 Å². The number of aliphatic carboxylic acids is 1. The molecule has 0 saturated heterocycles. The van der Waals surface area contributed by atoms with Crippen LogP contribution in [0, 0.1) is 0 Å². The maximum Gasteiger partial charge on any atom is 0.324 e. The van der Waals surface area contributed by atoms with Crippen molar-refractivity contribution < 1.29 is 18.3 Å². The fourth-order valence-electron chi connectivity index (χ4n) is 1.74. The summed E-state index contributed by atoms with van der Waals surface area (Å²) in [4.78, 5) is 11.2. The van der Waals surface area contributed by atoms with Gasteiger partial charge in [0.2, 0.25) is 0 Å². The molecule has 2 rings (SSSR count). The second kappa shape index (κ2) is 4.35. The van der Waals surface area contributed by atoms with E-state index in [1.165, 1.54) is 26.0 Å². The van der Waals surface area contributed by atoms with E-state index in [1.807, 2.05) is 12.1 Å². The first-order valence-corrected chi connectivity index (χ1v) is 7.22. The molecular weight excluding hydrogens is 264 g/mol. The summed E-state index contributed by atoms with van der Waals surface area (Å²) in [5, 5.41) is 10.8. The van der Waals surface area contributed by atoms with Crippen LogP contribution in [0.25, 0.3) is 10.8 Å². The zero-order valence-electron chi connectivity index (χ0n) is 10.6. The number of rotatable bonds is 3. The first-order valence-electron chi connectivity index (χ1n) is 5.73. The molecule has 0 atom stereocenters. The number of fused-ring (bicyclic) bond motifs is 1. The predicted octanol–water partition coefficient (Wildman–Crippen LogP) is 2.48. The molecule has 0 radical (unpaired) electrons. The van der Waals surface area contributed by atoms with Crippen molar-refractivity contribution in [1.82, 2.24) is 0 Å². The lowest BCUT2D eigenvalue weighted by Gasteiger charge is -2.20. The van der Waals surface area contributed by atoms with E-state index < -0.39 is 20.6 Å². The monoisotopic (exact) mass is 278 g/mol. The van der Waals surface area contributed by atoms with E-state index in [9.17, 15) is 13.2 Å². The van der Waals surface area contributed by atoms with Crippen molar-refractivity contribution >= 4 is 26.6 Å². The van der Waals surface area contributed by atoms with E-state index >= 15 is 0 Å². The van der Waals surface area contributed by atoms with Crippen LogP contribution in [0.15, 0.2) is 47.4 Å². The van der Waals surface area contributed by atoms with E-state index in [4.69, 9.17) is 5.11 Å². The molecule has 0 unspecified atom stereocenters. The molecule has 0 saturated carbocycles. The van der Waals surface area contributed by atoms with E-state index in [-0.39, 0.29) is 4.90 Å². The first-order chi connectivity index (χ1) is 8.76. The third-order valence-corrected chi connectivity index (χ3v) is 5.61. The van der Waals surface area contributed by atoms with Gasteiger partial charge in [-0.3, -0.25) is 4.79 Å². The molecule has 100 valence electrons. The highest BCUT2D eigenvalue weighted by atomic mass is 32.2. The molecule has 4 nitrogen and oxygen atoms in total. The van der Waals surface area contributed by atoms with Gasteiger partial charge in [-0.15, -0.1) is 0 Å². The average Bonchev–Trinajstić information content (AvgIpc) is 2.37. The maximum atomic E-state index is 12.4. The van der Waals surface area contributed by atoms with Gasteiger partial charge in [-0.25, -0.2) is 8.42 Å². The van der Waals surface area contributed by atoms with E-state index in [0.29, 0.717) is 0 Å². The Morgan fingerprint density at radius 2 is 1.63 bits per heavy atom. The smallest absolute Gasteiger partial charge is 0.324 e. The standard InChI is InChI=1S/C14H14O4S/c1-14(2,13(15)16)19(17,18)12-8-7-10-5-3-4-6-11(10)9-12/h3-9H,1-2H3,(H,15,16). The highest BCUT2D eigenvalue weighted by Gasteiger charge is 2.42. The van der Waals surface area contributed by atoms with Crippen LogP contribution in [0.2, 0.25) is 0 Å². The van der Waals surface area contributed by atoms with Gasteiger partial charge in [-0.2, -0.15) is 0 Å². The first kappa shape index (κ1) is 13.5. The number of carboxylic acids is 1. The van der Waals surface area contributed by atoms with Crippen LogP contribution in [0.4, 0.5) is 0 Å². The molecule has 0 bridgehead atoms. The predicted molar refractivity (Wildman–Crippen MR) is 72.8 cm³/mol. The number of carbonyl (C=O) groups is 1. The van der Waals surface area contributed by atoms with E-state index in [1.54, 1.807) is 18.2 Å². The van der Waals surface area contributed by atoms with Crippen molar-refractivity contribution in [2.45, 2.75) is 23.5 Å². The van der Waals surface area contributed by atoms with Gasteiger partial charge in [-0.1, -0.05) is 30.3 Å². The molecule has 0 aliphatic heterocycles. The molecule has 19 heavy (non-hydrogen) atoms. The molecule has 0 aromatic heterocycles. The van der Waals surface area contributed by atoms with Gasteiger partial charge in [0.05, 0.1) is 4.90 Å². The van der Waals surface area contributed by atoms with Gasteiger partial charge < -0.3 is 5.11 Å². The Morgan fingerprint density at radius 1 is 1.05 bits per heavy atom. The Labute approximate surface area is 111 Å². The lowest BCUT2D eigenvalue weighted by molar-refractivity contribution is -0.139. The fraction of sp³-hybridized carbons (Fsp3) is 0.214. The van der Waals surface area contributed by atoms with Crippen molar-refractivity contribution in [3.63, 3.8) is 0 Å². The minimum absolute atomic E-state index is 0.0265. The molecule has 0 aliphatic carbocycles. The minimum atomic E-state index is -3.93. The second-order valence-corrected chi connectivity index (χ2v) is 7.33. The molecule has 0 heterocycles. The van der Waals surface area contributed by atoms with Crippen molar-refractivity contribution in [1.29, 1.82) is 0 Å². The van der Waals surface area contributed by atoms with Crippen molar-refractivity contribution in [3.05, 3.63) is 42.5 Å². The molecule has 5 heteroatoms. The van der Waals surface area contributed by atoms with Crippen LogP contribution < -0.4 is 0 Å². The molecule has 0 spiro atoms. The summed E-state index contributed by atoms with van der Waals surface area (Å²) in [7, 11) is -3.93. The molecule has 0 fully saturated rings. The van der Waals surface area contributed by atoms with Crippen LogP contribution in [-0.4, -0.2) is 24.2 Å². The van der Waals surface area contributed by atoms with Crippen LogP contribution in [0.5, 0.6) is 0 Å². The van der Waals surface area contributed by atoms with Gasteiger partial charge in [0.15, 0.2) is 14.6 Å². The lowest BCUT2D eigenvalue weighted by atomic mass is 10.1. The van der Waals surface area contributed by atoms with E-state index in [0.717, 1.165) is 10.8 Å². The quantitative estimate of drug-likeness (QED) is 0.936. The topological polar surface area (TPSA) is 71.4 Å². The molecule has 0 aliphatic rings. The summed E-state index contributed by atoms with van der Waals surface area (Å²) in [6.07, 6.45) is 0. The van der Waals surface area contributed by atoms with Gasteiger partial charge in [0.25, 0.3) is 0 Å². The number of hydrogen-bond acceptors (Lipinski definition) is 3. The Hall–Kier alpha value is -1.88. The summed E-state index contributed by atoms with van der Waals surface area (Å²) in [6, 6.07) is 12.0. The molecule has 0 amide bonds. The second-order valence-electron chi connectivity index (χ2n) is 4.83. The van der Waals surface area contributed by atoms with Crippen LogP contribution in [0.3, 0.4) is 0 Å². The summed E-state index contributed by atoms with van der Waals surface area (Å²) in [5.41, 5.74) is 0. The number of hydrogen-bond donors (Lipinski definition) is 1. The van der Waals surface area contributed by atoms with Gasteiger partial charge in [-0.05, 0) is 36.8 Å². The molecular formula is C14H14O4S. The van der Waals surface area contributed by atoms with Crippen molar-refractivity contribution in [3.8, 4) is 0 Å². The average molecular weight is 278 g/mol. The third kappa shape index (κ3) is 2.10. The number of carboxylic acid groups (broad SMARTS) is 1. The largest absolute Gasteiger partial charge is 0.480 e. The summed E-state index contributed by atoms with van der Waals surface area (Å²) in [6.45, 7) is 2.39. The third-order valence-electron chi connectivity index (χ3n) is 3.22. The molecule has 2 aromatic rings. The van der Waals surface area contributed by atoms with E-state index in [2.05, 4.69) is 0 Å². The number of sulfone groups is 1.